The molecule has 1 heterocycles. The van der Waals surface area contributed by atoms with E-state index in [-0.39, 0.29) is 17.9 Å². The average molecular weight is 425 g/mol. The Morgan fingerprint density at radius 3 is 2.40 bits per heavy atom. The first-order chi connectivity index (χ1) is 14.5. The van der Waals surface area contributed by atoms with Crippen LogP contribution < -0.4 is 10.1 Å². The molecule has 6 nitrogen and oxygen atoms in total. The van der Waals surface area contributed by atoms with Crippen LogP contribution in [-0.4, -0.2) is 27.8 Å². The lowest BCUT2D eigenvalue weighted by molar-refractivity contribution is -0.124. The first-order valence-corrected chi connectivity index (χ1v) is 11.0. The lowest BCUT2D eigenvalue weighted by Gasteiger charge is -2.19. The summed E-state index contributed by atoms with van der Waals surface area (Å²) >= 11 is 1.62. The molecule has 30 heavy (non-hydrogen) atoms. The van der Waals surface area contributed by atoms with Crippen LogP contribution in [0, 0.1) is 5.92 Å². The maximum Gasteiger partial charge on any atom is 0.223 e. The number of amides is 1. The summed E-state index contributed by atoms with van der Waals surface area (Å²) in [4.78, 5) is 12.4. The molecule has 3 rings (SSSR count). The summed E-state index contributed by atoms with van der Waals surface area (Å²) in [6.07, 6.45) is 0.661. The van der Waals surface area contributed by atoms with Crippen molar-refractivity contribution in [2.24, 2.45) is 13.0 Å². The van der Waals surface area contributed by atoms with Crippen molar-refractivity contribution in [1.29, 1.82) is 0 Å². The van der Waals surface area contributed by atoms with E-state index in [0.717, 1.165) is 28.0 Å². The van der Waals surface area contributed by atoms with E-state index in [2.05, 4.69) is 27.6 Å². The zero-order valence-electron chi connectivity index (χ0n) is 17.8. The van der Waals surface area contributed by atoms with Gasteiger partial charge < -0.3 is 14.6 Å². The van der Waals surface area contributed by atoms with Crippen LogP contribution in [0.25, 0.3) is 0 Å². The largest absolute Gasteiger partial charge is 0.497 e. The Morgan fingerprint density at radius 2 is 1.77 bits per heavy atom. The molecule has 7 heteroatoms. The van der Waals surface area contributed by atoms with Crippen molar-refractivity contribution >= 4 is 17.7 Å². The molecule has 2 aromatic carbocycles. The van der Waals surface area contributed by atoms with E-state index >= 15 is 0 Å². The van der Waals surface area contributed by atoms with Gasteiger partial charge in [-0.15, -0.1) is 10.2 Å². The predicted molar refractivity (Wildman–Crippen MR) is 119 cm³/mol. The molecule has 1 aromatic heterocycles. The number of aromatic nitrogens is 3. The van der Waals surface area contributed by atoms with E-state index in [1.54, 1.807) is 18.9 Å². The van der Waals surface area contributed by atoms with Crippen LogP contribution in [0.4, 0.5) is 0 Å². The van der Waals surface area contributed by atoms with E-state index in [9.17, 15) is 4.79 Å². The third-order valence-corrected chi connectivity index (χ3v) is 5.92. The third kappa shape index (κ3) is 5.63. The zero-order valence-corrected chi connectivity index (χ0v) is 18.6. The third-order valence-electron chi connectivity index (χ3n) is 4.83. The van der Waals surface area contributed by atoms with E-state index in [0.29, 0.717) is 6.42 Å². The number of ether oxygens (including phenoxy) is 1. The van der Waals surface area contributed by atoms with Crippen molar-refractivity contribution in [3.63, 3.8) is 0 Å². The smallest absolute Gasteiger partial charge is 0.223 e. The molecule has 158 valence electrons. The number of carbonyl (C=O) groups is 1. The monoisotopic (exact) mass is 424 g/mol. The molecule has 0 aliphatic rings. The standard InChI is InChI=1S/C23H28N4O2S/c1-16(2)22(28)24-20(14-17-8-6-5-7-9-17)21-25-26-23(27(21)3)30-15-18-10-12-19(29-4)13-11-18/h5-13,16,20H,14-15H2,1-4H3,(H,24,28)/t20-/m1/s1. The first-order valence-electron chi connectivity index (χ1n) is 9.97. The van der Waals surface area contributed by atoms with Crippen molar-refractivity contribution in [1.82, 2.24) is 20.1 Å². The molecule has 0 radical (unpaired) electrons. The van der Waals surface area contributed by atoms with Gasteiger partial charge in [0.15, 0.2) is 11.0 Å². The fraction of sp³-hybridized carbons (Fsp3) is 0.348. The Kier molecular flexibility index (Phi) is 7.52. The fourth-order valence-corrected chi connectivity index (χ4v) is 3.89. The van der Waals surface area contributed by atoms with Crippen LogP contribution >= 0.6 is 11.8 Å². The number of nitrogens with zero attached hydrogens (tertiary/aromatic N) is 3. The van der Waals surface area contributed by atoms with Gasteiger partial charge in [0.2, 0.25) is 5.91 Å². The number of hydrogen-bond donors (Lipinski definition) is 1. The topological polar surface area (TPSA) is 69.0 Å². The minimum absolute atomic E-state index is 0.00590. The molecule has 0 aliphatic heterocycles. The summed E-state index contributed by atoms with van der Waals surface area (Å²) in [5.41, 5.74) is 2.32. The molecule has 3 aromatic rings. The van der Waals surface area contributed by atoms with Gasteiger partial charge in [-0.3, -0.25) is 4.79 Å². The fourth-order valence-electron chi connectivity index (χ4n) is 3.02. The molecule has 0 spiro atoms. The summed E-state index contributed by atoms with van der Waals surface area (Å²) in [5.74, 6) is 2.28. The number of rotatable bonds is 9. The molecule has 1 atom stereocenters. The van der Waals surface area contributed by atoms with Crippen LogP contribution in [0.5, 0.6) is 5.75 Å². The van der Waals surface area contributed by atoms with Crippen molar-refractivity contribution in [2.75, 3.05) is 7.11 Å². The summed E-state index contributed by atoms with van der Waals surface area (Å²) < 4.78 is 7.18. The maximum atomic E-state index is 12.4. The van der Waals surface area contributed by atoms with Gasteiger partial charge in [0.25, 0.3) is 0 Å². The molecule has 0 saturated heterocycles. The number of hydrogen-bond acceptors (Lipinski definition) is 5. The molecule has 1 N–H and O–H groups in total. The average Bonchev–Trinajstić information content (AvgIpc) is 3.13. The van der Waals surface area contributed by atoms with Crippen LogP contribution in [0.1, 0.15) is 36.8 Å². The van der Waals surface area contributed by atoms with E-state index in [4.69, 9.17) is 4.74 Å². The van der Waals surface area contributed by atoms with E-state index < -0.39 is 0 Å². The summed E-state index contributed by atoms with van der Waals surface area (Å²) in [6.45, 7) is 3.78. The van der Waals surface area contributed by atoms with E-state index in [1.807, 2.05) is 67.9 Å². The highest BCUT2D eigenvalue weighted by Crippen LogP contribution is 2.25. The van der Waals surface area contributed by atoms with Gasteiger partial charge in [-0.25, -0.2) is 0 Å². The minimum atomic E-state index is -0.241. The maximum absolute atomic E-state index is 12.4. The molecule has 0 saturated carbocycles. The van der Waals surface area contributed by atoms with Crippen molar-refractivity contribution < 1.29 is 9.53 Å². The predicted octanol–water partition coefficient (Wildman–Crippen LogP) is 4.17. The normalized spacial score (nSPS) is 12.0. The number of benzene rings is 2. The Morgan fingerprint density at radius 1 is 1.07 bits per heavy atom. The SMILES string of the molecule is COc1ccc(CSc2nnc([C@@H](Cc3ccccc3)NC(=O)C(C)C)n2C)cc1. The minimum Gasteiger partial charge on any atom is -0.497 e. The van der Waals surface area contributed by atoms with Gasteiger partial charge in [-0.2, -0.15) is 0 Å². The molecular weight excluding hydrogens is 396 g/mol. The molecule has 1 amide bonds. The van der Waals surface area contributed by atoms with Crippen LogP contribution in [0.2, 0.25) is 0 Å². The molecule has 0 bridgehead atoms. The second kappa shape index (κ2) is 10.3. The Bertz CT molecular complexity index is 955. The van der Waals surface area contributed by atoms with Gasteiger partial charge >= 0.3 is 0 Å². The highest BCUT2D eigenvalue weighted by Gasteiger charge is 2.23. The van der Waals surface area contributed by atoms with Gasteiger partial charge in [0.05, 0.1) is 13.2 Å². The Hall–Kier alpha value is -2.80. The van der Waals surface area contributed by atoms with Crippen LogP contribution in [-0.2, 0) is 24.0 Å². The lowest BCUT2D eigenvalue weighted by Crippen LogP contribution is -2.34. The van der Waals surface area contributed by atoms with Gasteiger partial charge in [-0.05, 0) is 29.7 Å². The summed E-state index contributed by atoms with van der Waals surface area (Å²) in [6, 6.07) is 17.9. The highest BCUT2D eigenvalue weighted by molar-refractivity contribution is 7.98. The van der Waals surface area contributed by atoms with Crippen molar-refractivity contribution in [3.8, 4) is 5.75 Å². The van der Waals surface area contributed by atoms with Gasteiger partial charge in [-0.1, -0.05) is 68.1 Å². The number of nitrogens with one attached hydrogen (secondary N) is 1. The first kappa shape index (κ1) is 21.9. The number of methoxy groups -OCH3 is 1. The van der Waals surface area contributed by atoms with Crippen molar-refractivity contribution in [3.05, 3.63) is 71.5 Å². The number of carbonyl (C=O) groups excluding carboxylic acids is 1. The zero-order chi connectivity index (χ0) is 21.5. The number of thioether (sulfide) groups is 1. The lowest BCUT2D eigenvalue weighted by atomic mass is 10.0. The molecule has 0 unspecified atom stereocenters. The second-order valence-corrected chi connectivity index (χ2v) is 8.38. The molecule has 0 aliphatic carbocycles. The summed E-state index contributed by atoms with van der Waals surface area (Å²) in [7, 11) is 3.61. The quantitative estimate of drug-likeness (QED) is 0.522. The molecular formula is C23H28N4O2S. The van der Waals surface area contributed by atoms with Gasteiger partial charge in [0.1, 0.15) is 5.75 Å². The van der Waals surface area contributed by atoms with Crippen molar-refractivity contribution in [2.45, 2.75) is 37.2 Å². The van der Waals surface area contributed by atoms with Crippen LogP contribution in [0.15, 0.2) is 59.8 Å². The van der Waals surface area contributed by atoms with Gasteiger partial charge in [0, 0.05) is 18.7 Å². The molecule has 0 fully saturated rings. The van der Waals surface area contributed by atoms with Crippen LogP contribution in [0.3, 0.4) is 0 Å². The Labute approximate surface area is 182 Å². The highest BCUT2D eigenvalue weighted by atomic mass is 32.2. The second-order valence-electron chi connectivity index (χ2n) is 7.44. The van der Waals surface area contributed by atoms with E-state index in [1.165, 1.54) is 5.56 Å². The summed E-state index contributed by atoms with van der Waals surface area (Å²) in [5, 5.41) is 12.8. The Balaban J connectivity index is 1.76.